The molecule has 1 aromatic heterocycles. The number of aromatic nitrogens is 1. The van der Waals surface area contributed by atoms with Crippen LogP contribution in [0.1, 0.15) is 22.5 Å². The predicted octanol–water partition coefficient (Wildman–Crippen LogP) is 3.11. The van der Waals surface area contributed by atoms with Gasteiger partial charge in [-0.1, -0.05) is 17.7 Å². The van der Waals surface area contributed by atoms with Crippen LogP contribution in [0, 0.1) is 20.8 Å². The minimum Gasteiger partial charge on any atom is -0.362 e. The van der Waals surface area contributed by atoms with Gasteiger partial charge in [-0.15, -0.1) is 0 Å². The van der Waals surface area contributed by atoms with Crippen LogP contribution in [0.15, 0.2) is 29.2 Å². The highest BCUT2D eigenvalue weighted by Crippen LogP contribution is 2.19. The van der Waals surface area contributed by atoms with Gasteiger partial charge in [0.15, 0.2) is 0 Å². The first-order valence-corrected chi connectivity index (χ1v) is 8.56. The van der Waals surface area contributed by atoms with Gasteiger partial charge in [0.1, 0.15) is 0 Å². The summed E-state index contributed by atoms with van der Waals surface area (Å²) in [6, 6.07) is 6.78. The molecule has 0 aliphatic rings. The smallest absolute Gasteiger partial charge is 0.240 e. The number of H-pyrrole nitrogens is 1. The Morgan fingerprint density at radius 2 is 1.90 bits per heavy atom. The van der Waals surface area contributed by atoms with Gasteiger partial charge in [0.25, 0.3) is 0 Å². The molecule has 0 unspecified atom stereocenters. The molecule has 0 fully saturated rings. The summed E-state index contributed by atoms with van der Waals surface area (Å²) in [7, 11) is -3.52. The van der Waals surface area contributed by atoms with Crippen LogP contribution in [-0.2, 0) is 16.4 Å². The van der Waals surface area contributed by atoms with E-state index in [1.165, 1.54) is 6.07 Å². The maximum absolute atomic E-state index is 12.2. The average molecular weight is 327 g/mol. The molecule has 21 heavy (non-hydrogen) atoms. The Kier molecular flexibility index (Phi) is 4.76. The summed E-state index contributed by atoms with van der Waals surface area (Å²) in [5.41, 5.74) is 4.13. The molecule has 0 saturated heterocycles. The second kappa shape index (κ2) is 6.22. The highest BCUT2D eigenvalue weighted by molar-refractivity contribution is 7.89. The lowest BCUT2D eigenvalue weighted by Crippen LogP contribution is -2.26. The van der Waals surface area contributed by atoms with Crippen molar-refractivity contribution in [3.05, 3.63) is 51.8 Å². The van der Waals surface area contributed by atoms with E-state index in [0.29, 0.717) is 18.0 Å². The number of sulfonamides is 1. The molecule has 2 aromatic rings. The van der Waals surface area contributed by atoms with Gasteiger partial charge in [0, 0.05) is 23.0 Å². The normalized spacial score (nSPS) is 11.8. The minimum atomic E-state index is -3.52. The van der Waals surface area contributed by atoms with E-state index in [9.17, 15) is 8.42 Å². The van der Waals surface area contributed by atoms with E-state index in [4.69, 9.17) is 11.6 Å². The molecule has 1 heterocycles. The van der Waals surface area contributed by atoms with Crippen LogP contribution in [0.2, 0.25) is 5.02 Å². The molecule has 2 N–H and O–H groups in total. The summed E-state index contributed by atoms with van der Waals surface area (Å²) in [4.78, 5) is 3.40. The van der Waals surface area contributed by atoms with Crippen molar-refractivity contribution < 1.29 is 8.42 Å². The van der Waals surface area contributed by atoms with E-state index in [1.807, 2.05) is 26.8 Å². The fraction of sp³-hybridized carbons (Fsp3) is 0.333. The van der Waals surface area contributed by atoms with Gasteiger partial charge < -0.3 is 4.98 Å². The summed E-state index contributed by atoms with van der Waals surface area (Å²) < 4.78 is 27.0. The number of nitrogens with one attached hydrogen (secondary N) is 2. The number of halogens is 1. The molecule has 0 aliphatic heterocycles. The molecule has 6 heteroatoms. The van der Waals surface area contributed by atoms with Crippen molar-refractivity contribution in [1.29, 1.82) is 0 Å². The largest absolute Gasteiger partial charge is 0.362 e. The van der Waals surface area contributed by atoms with Gasteiger partial charge in [-0.25, -0.2) is 13.1 Å². The fourth-order valence-electron chi connectivity index (χ4n) is 2.19. The summed E-state index contributed by atoms with van der Waals surface area (Å²) in [6.07, 6.45) is 0.648. The SMILES string of the molecule is Cc1cc(CCNS(=O)(=O)c2ccc(C)c(Cl)c2)c(C)[nH]1. The molecule has 0 atom stereocenters. The molecule has 114 valence electrons. The highest BCUT2D eigenvalue weighted by atomic mass is 35.5. The van der Waals surface area contributed by atoms with Crippen molar-refractivity contribution in [2.45, 2.75) is 32.1 Å². The van der Waals surface area contributed by atoms with E-state index in [0.717, 1.165) is 22.5 Å². The van der Waals surface area contributed by atoms with Crippen molar-refractivity contribution in [3.63, 3.8) is 0 Å². The lowest BCUT2D eigenvalue weighted by atomic mass is 10.2. The van der Waals surface area contributed by atoms with Crippen molar-refractivity contribution in [2.75, 3.05) is 6.54 Å². The van der Waals surface area contributed by atoms with Crippen LogP contribution in [0.25, 0.3) is 0 Å². The van der Waals surface area contributed by atoms with E-state index >= 15 is 0 Å². The lowest BCUT2D eigenvalue weighted by Gasteiger charge is -2.08. The zero-order valence-electron chi connectivity index (χ0n) is 12.3. The predicted molar refractivity (Wildman–Crippen MR) is 85.3 cm³/mol. The van der Waals surface area contributed by atoms with E-state index in [-0.39, 0.29) is 4.90 Å². The zero-order chi connectivity index (χ0) is 15.6. The lowest BCUT2D eigenvalue weighted by molar-refractivity contribution is 0.581. The van der Waals surface area contributed by atoms with Gasteiger partial charge in [0.05, 0.1) is 4.90 Å². The van der Waals surface area contributed by atoms with Crippen LogP contribution in [0.4, 0.5) is 0 Å². The summed E-state index contributed by atoms with van der Waals surface area (Å²) >= 11 is 5.98. The van der Waals surface area contributed by atoms with Crippen molar-refractivity contribution in [3.8, 4) is 0 Å². The van der Waals surface area contributed by atoms with Crippen LogP contribution < -0.4 is 4.72 Å². The monoisotopic (exact) mass is 326 g/mol. The molecular weight excluding hydrogens is 308 g/mol. The van der Waals surface area contributed by atoms with E-state index in [1.54, 1.807) is 12.1 Å². The van der Waals surface area contributed by atoms with Gasteiger partial charge in [-0.2, -0.15) is 0 Å². The first kappa shape index (κ1) is 16.1. The summed E-state index contributed by atoms with van der Waals surface area (Å²) in [6.45, 7) is 6.15. The Labute approximate surface area is 130 Å². The Bertz CT molecular complexity index is 751. The molecule has 0 spiro atoms. The standard InChI is InChI=1S/C15H19ClN2O2S/c1-10-4-5-14(9-15(10)16)21(19,20)17-7-6-13-8-11(2)18-12(13)3/h4-5,8-9,17-18H,6-7H2,1-3H3. The van der Waals surface area contributed by atoms with Crippen molar-refractivity contribution >= 4 is 21.6 Å². The van der Waals surface area contributed by atoms with Crippen molar-refractivity contribution in [2.24, 2.45) is 0 Å². The zero-order valence-corrected chi connectivity index (χ0v) is 13.9. The third-order valence-electron chi connectivity index (χ3n) is 3.40. The van der Waals surface area contributed by atoms with Gasteiger partial charge in [-0.3, -0.25) is 0 Å². The molecule has 0 bridgehead atoms. The number of rotatable bonds is 5. The van der Waals surface area contributed by atoms with Gasteiger partial charge >= 0.3 is 0 Å². The topological polar surface area (TPSA) is 62.0 Å². The molecule has 1 aromatic carbocycles. The Morgan fingerprint density at radius 1 is 1.19 bits per heavy atom. The summed E-state index contributed by atoms with van der Waals surface area (Å²) in [5, 5.41) is 0.454. The van der Waals surface area contributed by atoms with Crippen molar-refractivity contribution in [1.82, 2.24) is 9.71 Å². The average Bonchev–Trinajstić information content (AvgIpc) is 2.71. The number of aryl methyl sites for hydroxylation is 3. The van der Waals surface area contributed by atoms with Crippen LogP contribution in [0.5, 0.6) is 0 Å². The molecule has 0 aliphatic carbocycles. The molecule has 4 nitrogen and oxygen atoms in total. The Hall–Kier alpha value is -1.30. The highest BCUT2D eigenvalue weighted by Gasteiger charge is 2.14. The molecule has 0 amide bonds. The Balaban J connectivity index is 2.04. The van der Waals surface area contributed by atoms with Crippen LogP contribution >= 0.6 is 11.6 Å². The van der Waals surface area contributed by atoms with E-state index < -0.39 is 10.0 Å². The molecule has 0 radical (unpaired) electrons. The molecule has 0 saturated carbocycles. The maximum Gasteiger partial charge on any atom is 0.240 e. The second-order valence-electron chi connectivity index (χ2n) is 5.16. The number of hydrogen-bond donors (Lipinski definition) is 2. The summed E-state index contributed by atoms with van der Waals surface area (Å²) in [5.74, 6) is 0. The fourth-order valence-corrected chi connectivity index (χ4v) is 3.49. The van der Waals surface area contributed by atoms with Crippen LogP contribution in [-0.4, -0.2) is 19.9 Å². The second-order valence-corrected chi connectivity index (χ2v) is 7.34. The number of benzene rings is 1. The van der Waals surface area contributed by atoms with E-state index in [2.05, 4.69) is 9.71 Å². The quantitative estimate of drug-likeness (QED) is 0.886. The molecular formula is C15H19ClN2O2S. The third-order valence-corrected chi connectivity index (χ3v) is 5.26. The number of hydrogen-bond acceptors (Lipinski definition) is 2. The Morgan fingerprint density at radius 3 is 2.48 bits per heavy atom. The van der Waals surface area contributed by atoms with Gasteiger partial charge in [-0.05, 0) is 56.5 Å². The minimum absolute atomic E-state index is 0.195. The first-order valence-electron chi connectivity index (χ1n) is 6.70. The number of aromatic amines is 1. The van der Waals surface area contributed by atoms with Gasteiger partial charge in [0.2, 0.25) is 10.0 Å². The molecule has 2 rings (SSSR count). The third kappa shape index (κ3) is 3.87. The van der Waals surface area contributed by atoms with Crippen LogP contribution in [0.3, 0.4) is 0 Å². The first-order chi connectivity index (χ1) is 9.79. The maximum atomic E-state index is 12.2.